The van der Waals surface area contributed by atoms with E-state index in [1.54, 1.807) is 4.90 Å². The number of benzene rings is 1. The number of hydrogen-bond donors (Lipinski definition) is 0. The minimum Gasteiger partial charge on any atom is -0.347 e. The monoisotopic (exact) mass is 430 g/mol. The highest BCUT2D eigenvalue weighted by Gasteiger charge is 2.41. The molecular formula is C22H23FN2O4S. The van der Waals surface area contributed by atoms with Crippen LogP contribution in [0.3, 0.4) is 0 Å². The summed E-state index contributed by atoms with van der Waals surface area (Å²) in [5, 5.41) is 0. The van der Waals surface area contributed by atoms with Gasteiger partial charge in [-0.1, -0.05) is 0 Å². The van der Waals surface area contributed by atoms with E-state index in [0.717, 1.165) is 21.7 Å². The molecule has 0 saturated carbocycles. The summed E-state index contributed by atoms with van der Waals surface area (Å²) in [6, 6.07) is 7.55. The fourth-order valence-corrected chi connectivity index (χ4v) is 5.51. The first-order valence-corrected chi connectivity index (χ1v) is 11.1. The Hall–Kier alpha value is -2.29. The SMILES string of the molecule is O=C(c1ccc(F)cc1)N1CCc2sc(C(=O)N3CCC4(CC3)OCCO4)cc2C1. The first-order valence-electron chi connectivity index (χ1n) is 10.3. The van der Waals surface area contributed by atoms with Crippen molar-refractivity contribution in [3.8, 4) is 0 Å². The standard InChI is InChI=1S/C22H23FN2O4S/c23-17-3-1-15(2-4-17)20(26)25-8-5-18-16(14-25)13-19(30-18)21(27)24-9-6-22(7-10-24)28-11-12-29-22/h1-4,13H,5-12,14H2. The summed E-state index contributed by atoms with van der Waals surface area (Å²) in [5.74, 6) is -0.924. The van der Waals surface area contributed by atoms with Gasteiger partial charge in [-0.05, 0) is 42.3 Å². The van der Waals surface area contributed by atoms with E-state index in [1.807, 2.05) is 11.0 Å². The predicted molar refractivity (Wildman–Crippen MR) is 109 cm³/mol. The van der Waals surface area contributed by atoms with E-state index in [1.165, 1.54) is 35.6 Å². The molecule has 0 aliphatic carbocycles. The smallest absolute Gasteiger partial charge is 0.263 e. The van der Waals surface area contributed by atoms with Gasteiger partial charge in [-0.25, -0.2) is 4.39 Å². The molecule has 2 saturated heterocycles. The van der Waals surface area contributed by atoms with Gasteiger partial charge in [0.25, 0.3) is 11.8 Å². The Morgan fingerprint density at radius 2 is 1.67 bits per heavy atom. The maximum atomic E-state index is 13.1. The lowest BCUT2D eigenvalue weighted by molar-refractivity contribution is -0.181. The molecule has 30 heavy (non-hydrogen) atoms. The van der Waals surface area contributed by atoms with Gasteiger partial charge < -0.3 is 19.3 Å². The van der Waals surface area contributed by atoms with E-state index in [9.17, 15) is 14.0 Å². The summed E-state index contributed by atoms with van der Waals surface area (Å²) in [6.45, 7) is 3.56. The van der Waals surface area contributed by atoms with Crippen LogP contribution in [-0.2, 0) is 22.4 Å². The molecule has 1 aromatic heterocycles. The van der Waals surface area contributed by atoms with Gasteiger partial charge in [-0.3, -0.25) is 9.59 Å². The van der Waals surface area contributed by atoms with Crippen molar-refractivity contribution in [3.63, 3.8) is 0 Å². The zero-order valence-corrected chi connectivity index (χ0v) is 17.4. The van der Waals surface area contributed by atoms with Crippen LogP contribution in [0.25, 0.3) is 0 Å². The van der Waals surface area contributed by atoms with Crippen LogP contribution >= 0.6 is 11.3 Å². The zero-order chi connectivity index (χ0) is 20.7. The summed E-state index contributed by atoms with van der Waals surface area (Å²) in [5.41, 5.74) is 1.51. The van der Waals surface area contributed by atoms with Crippen LogP contribution in [0.1, 0.15) is 43.3 Å². The van der Waals surface area contributed by atoms with E-state index in [-0.39, 0.29) is 17.6 Å². The third kappa shape index (κ3) is 3.64. The highest BCUT2D eigenvalue weighted by Crippen LogP contribution is 2.34. The number of thiophene rings is 1. The fraction of sp³-hybridized carbons (Fsp3) is 0.455. The second kappa shape index (κ2) is 7.76. The molecule has 6 nitrogen and oxygen atoms in total. The van der Waals surface area contributed by atoms with Crippen LogP contribution in [0, 0.1) is 5.82 Å². The summed E-state index contributed by atoms with van der Waals surface area (Å²) in [7, 11) is 0. The highest BCUT2D eigenvalue weighted by atomic mass is 32.1. The number of halogens is 1. The Morgan fingerprint density at radius 1 is 0.967 bits per heavy atom. The first kappa shape index (κ1) is 19.7. The molecule has 4 heterocycles. The molecule has 0 atom stereocenters. The molecule has 8 heteroatoms. The molecule has 2 amide bonds. The predicted octanol–water partition coefficient (Wildman–Crippen LogP) is 3.06. The number of likely N-dealkylation sites (tertiary alicyclic amines) is 1. The topological polar surface area (TPSA) is 59.1 Å². The van der Waals surface area contributed by atoms with Gasteiger partial charge in [-0.15, -0.1) is 11.3 Å². The Kier molecular flexibility index (Phi) is 5.08. The molecule has 1 spiro atoms. The van der Waals surface area contributed by atoms with Gasteiger partial charge in [0.2, 0.25) is 0 Å². The molecule has 5 rings (SSSR count). The number of rotatable bonds is 2. The minimum atomic E-state index is -0.493. The summed E-state index contributed by atoms with van der Waals surface area (Å²) >= 11 is 1.53. The third-order valence-corrected chi connectivity index (χ3v) is 7.31. The average molecular weight is 431 g/mol. The Bertz CT molecular complexity index is 958. The molecule has 0 unspecified atom stereocenters. The number of fused-ring (bicyclic) bond motifs is 1. The van der Waals surface area contributed by atoms with Crippen LogP contribution in [0.4, 0.5) is 4.39 Å². The lowest BCUT2D eigenvalue weighted by Crippen LogP contribution is -2.47. The van der Waals surface area contributed by atoms with Crippen LogP contribution in [0.15, 0.2) is 30.3 Å². The molecule has 0 radical (unpaired) electrons. The van der Waals surface area contributed by atoms with Gasteiger partial charge in [0, 0.05) is 49.5 Å². The van der Waals surface area contributed by atoms with Crippen molar-refractivity contribution in [2.45, 2.75) is 31.6 Å². The van der Waals surface area contributed by atoms with E-state index in [0.29, 0.717) is 57.8 Å². The summed E-state index contributed by atoms with van der Waals surface area (Å²) < 4.78 is 24.6. The molecule has 2 aromatic rings. The number of ether oxygens (including phenoxy) is 2. The van der Waals surface area contributed by atoms with Crippen LogP contribution < -0.4 is 0 Å². The third-order valence-electron chi connectivity index (χ3n) is 6.08. The van der Waals surface area contributed by atoms with Crippen molar-refractivity contribution in [3.05, 3.63) is 57.0 Å². The van der Waals surface area contributed by atoms with Crippen LogP contribution in [0.2, 0.25) is 0 Å². The quantitative estimate of drug-likeness (QED) is 0.735. The number of amides is 2. The van der Waals surface area contributed by atoms with Crippen LogP contribution in [0.5, 0.6) is 0 Å². The second-order valence-electron chi connectivity index (χ2n) is 7.94. The van der Waals surface area contributed by atoms with Gasteiger partial charge in [0.15, 0.2) is 5.79 Å². The maximum Gasteiger partial charge on any atom is 0.263 e. The average Bonchev–Trinajstić information content (AvgIpc) is 3.40. The zero-order valence-electron chi connectivity index (χ0n) is 16.6. The Labute approximate surface area is 178 Å². The van der Waals surface area contributed by atoms with E-state index in [2.05, 4.69) is 0 Å². The molecular weight excluding hydrogens is 407 g/mol. The van der Waals surface area contributed by atoms with Gasteiger partial charge in [0.05, 0.1) is 18.1 Å². The van der Waals surface area contributed by atoms with Gasteiger partial charge in [-0.2, -0.15) is 0 Å². The Morgan fingerprint density at radius 3 is 2.37 bits per heavy atom. The van der Waals surface area contributed by atoms with Crippen molar-refractivity contribution in [1.29, 1.82) is 0 Å². The number of carbonyl (C=O) groups excluding carboxylic acids is 2. The maximum absolute atomic E-state index is 13.1. The molecule has 2 fully saturated rings. The molecule has 0 bridgehead atoms. The second-order valence-corrected chi connectivity index (χ2v) is 9.08. The number of piperidine rings is 1. The lowest BCUT2D eigenvalue weighted by atomic mass is 10.0. The largest absolute Gasteiger partial charge is 0.347 e. The van der Waals surface area contributed by atoms with Crippen molar-refractivity contribution < 1.29 is 23.5 Å². The Balaban J connectivity index is 1.25. The molecule has 3 aliphatic rings. The summed E-state index contributed by atoms with van der Waals surface area (Å²) in [6.07, 6.45) is 2.12. The van der Waals surface area contributed by atoms with Crippen molar-refractivity contribution in [2.75, 3.05) is 32.8 Å². The number of nitrogens with zero attached hydrogens (tertiary/aromatic N) is 2. The lowest BCUT2D eigenvalue weighted by Gasteiger charge is -2.37. The van der Waals surface area contributed by atoms with E-state index < -0.39 is 5.79 Å². The van der Waals surface area contributed by atoms with E-state index >= 15 is 0 Å². The number of hydrogen-bond acceptors (Lipinski definition) is 5. The van der Waals surface area contributed by atoms with Gasteiger partial charge in [0.1, 0.15) is 5.82 Å². The van der Waals surface area contributed by atoms with E-state index in [4.69, 9.17) is 9.47 Å². The number of carbonyl (C=O) groups is 2. The van der Waals surface area contributed by atoms with Gasteiger partial charge >= 0.3 is 0 Å². The normalized spacial score (nSPS) is 20.4. The van der Waals surface area contributed by atoms with Crippen molar-refractivity contribution in [2.24, 2.45) is 0 Å². The first-order chi connectivity index (χ1) is 14.5. The fourth-order valence-electron chi connectivity index (χ4n) is 4.38. The van der Waals surface area contributed by atoms with Crippen molar-refractivity contribution in [1.82, 2.24) is 9.80 Å². The molecule has 3 aliphatic heterocycles. The highest BCUT2D eigenvalue weighted by molar-refractivity contribution is 7.14. The minimum absolute atomic E-state index is 0.0404. The molecule has 158 valence electrons. The van der Waals surface area contributed by atoms with Crippen molar-refractivity contribution >= 4 is 23.2 Å². The summed E-state index contributed by atoms with van der Waals surface area (Å²) in [4.78, 5) is 31.3. The molecule has 1 aromatic carbocycles. The molecule has 0 N–H and O–H groups in total. The van der Waals surface area contributed by atoms with Crippen LogP contribution in [-0.4, -0.2) is 60.2 Å².